The van der Waals surface area contributed by atoms with Crippen molar-refractivity contribution < 1.29 is 0 Å². The Morgan fingerprint density at radius 2 is 2.05 bits per heavy atom. The molecule has 0 atom stereocenters. The summed E-state index contributed by atoms with van der Waals surface area (Å²) in [6.45, 7) is 6.64. The molecule has 0 aliphatic carbocycles. The Balaban J connectivity index is 2.64. The number of aromatic amines is 1. The SMILES string of the molecule is Cc1ccc(C(C)C)cc1-c1n[nH]c(=O)cc1CN. The number of nitrogens with two attached hydrogens (primary N) is 1. The van der Waals surface area contributed by atoms with Crippen molar-refractivity contribution in [1.82, 2.24) is 10.2 Å². The molecule has 2 aromatic rings. The second-order valence-corrected chi connectivity index (χ2v) is 5.04. The van der Waals surface area contributed by atoms with Crippen LogP contribution in [0.5, 0.6) is 0 Å². The molecule has 1 heterocycles. The number of rotatable bonds is 3. The van der Waals surface area contributed by atoms with Crippen molar-refractivity contribution in [2.24, 2.45) is 5.73 Å². The van der Waals surface area contributed by atoms with E-state index in [4.69, 9.17) is 5.73 Å². The Morgan fingerprint density at radius 1 is 1.32 bits per heavy atom. The van der Waals surface area contributed by atoms with E-state index in [0.29, 0.717) is 12.5 Å². The van der Waals surface area contributed by atoms with Crippen molar-refractivity contribution >= 4 is 0 Å². The Labute approximate surface area is 112 Å². The predicted octanol–water partition coefficient (Wildman–Crippen LogP) is 2.33. The third-order valence-corrected chi connectivity index (χ3v) is 3.29. The van der Waals surface area contributed by atoms with Gasteiger partial charge in [0.25, 0.3) is 5.56 Å². The lowest BCUT2D eigenvalue weighted by Crippen LogP contribution is -2.13. The van der Waals surface area contributed by atoms with Crippen LogP contribution in [-0.2, 0) is 6.54 Å². The van der Waals surface area contributed by atoms with Crippen LogP contribution in [0.15, 0.2) is 29.1 Å². The summed E-state index contributed by atoms with van der Waals surface area (Å²) >= 11 is 0. The number of nitrogens with zero attached hydrogens (tertiary/aromatic N) is 1. The molecule has 0 radical (unpaired) electrons. The summed E-state index contributed by atoms with van der Waals surface area (Å²) in [4.78, 5) is 11.3. The first kappa shape index (κ1) is 13.5. The van der Waals surface area contributed by atoms with Gasteiger partial charge in [-0.3, -0.25) is 4.79 Å². The molecule has 19 heavy (non-hydrogen) atoms. The zero-order valence-corrected chi connectivity index (χ0v) is 11.5. The van der Waals surface area contributed by atoms with E-state index in [0.717, 1.165) is 22.4 Å². The van der Waals surface area contributed by atoms with Gasteiger partial charge in [-0.2, -0.15) is 5.10 Å². The Bertz CT molecular complexity index is 644. The van der Waals surface area contributed by atoms with Crippen LogP contribution in [-0.4, -0.2) is 10.2 Å². The lowest BCUT2D eigenvalue weighted by molar-refractivity contribution is 0.865. The Kier molecular flexibility index (Phi) is 3.81. The maximum Gasteiger partial charge on any atom is 0.264 e. The van der Waals surface area contributed by atoms with Gasteiger partial charge in [0.1, 0.15) is 0 Å². The number of benzene rings is 1. The third kappa shape index (κ3) is 2.74. The number of hydrogen-bond acceptors (Lipinski definition) is 3. The highest BCUT2D eigenvalue weighted by atomic mass is 16.1. The van der Waals surface area contributed by atoms with Crippen molar-refractivity contribution in [1.29, 1.82) is 0 Å². The highest BCUT2D eigenvalue weighted by molar-refractivity contribution is 5.67. The summed E-state index contributed by atoms with van der Waals surface area (Å²) in [6, 6.07) is 7.85. The molecule has 3 N–H and O–H groups in total. The van der Waals surface area contributed by atoms with Gasteiger partial charge in [0, 0.05) is 18.2 Å². The molecule has 0 aliphatic rings. The number of aromatic nitrogens is 2. The maximum absolute atomic E-state index is 11.3. The summed E-state index contributed by atoms with van der Waals surface area (Å²) in [6.07, 6.45) is 0. The molecule has 1 aromatic heterocycles. The predicted molar refractivity (Wildman–Crippen MR) is 77.0 cm³/mol. The van der Waals surface area contributed by atoms with E-state index in [1.807, 2.05) is 6.92 Å². The van der Waals surface area contributed by atoms with Crippen LogP contribution in [0.4, 0.5) is 0 Å². The highest BCUT2D eigenvalue weighted by Crippen LogP contribution is 2.27. The Hall–Kier alpha value is -1.94. The van der Waals surface area contributed by atoms with Crippen LogP contribution >= 0.6 is 0 Å². The van der Waals surface area contributed by atoms with Gasteiger partial charge in [0.2, 0.25) is 0 Å². The van der Waals surface area contributed by atoms with Gasteiger partial charge >= 0.3 is 0 Å². The minimum absolute atomic E-state index is 0.220. The van der Waals surface area contributed by atoms with Gasteiger partial charge in [-0.05, 0) is 35.6 Å². The van der Waals surface area contributed by atoms with Crippen molar-refractivity contribution in [3.05, 3.63) is 51.3 Å². The minimum atomic E-state index is -0.220. The largest absolute Gasteiger partial charge is 0.326 e. The normalized spacial score (nSPS) is 11.0. The first-order chi connectivity index (χ1) is 9.02. The van der Waals surface area contributed by atoms with E-state index in [1.54, 1.807) is 0 Å². The zero-order chi connectivity index (χ0) is 14.0. The molecule has 0 saturated heterocycles. The van der Waals surface area contributed by atoms with Crippen LogP contribution in [0.25, 0.3) is 11.3 Å². The monoisotopic (exact) mass is 257 g/mol. The number of H-pyrrole nitrogens is 1. The average molecular weight is 257 g/mol. The van der Waals surface area contributed by atoms with E-state index in [-0.39, 0.29) is 5.56 Å². The standard InChI is InChI=1S/C15H19N3O/c1-9(2)11-5-4-10(3)13(6-11)15-12(8-16)7-14(19)17-18-15/h4-7,9H,8,16H2,1-3H3,(H,17,19). The molecular formula is C15H19N3O. The van der Waals surface area contributed by atoms with Gasteiger partial charge in [-0.25, -0.2) is 5.10 Å². The average Bonchev–Trinajstić information content (AvgIpc) is 2.39. The molecule has 100 valence electrons. The van der Waals surface area contributed by atoms with Crippen molar-refractivity contribution in [2.75, 3.05) is 0 Å². The molecule has 4 heteroatoms. The van der Waals surface area contributed by atoms with E-state index in [2.05, 4.69) is 42.2 Å². The van der Waals surface area contributed by atoms with Crippen LogP contribution in [0, 0.1) is 6.92 Å². The number of hydrogen-bond donors (Lipinski definition) is 2. The second-order valence-electron chi connectivity index (χ2n) is 5.04. The first-order valence-corrected chi connectivity index (χ1v) is 6.42. The van der Waals surface area contributed by atoms with Crippen molar-refractivity contribution in [2.45, 2.75) is 33.2 Å². The molecule has 0 fully saturated rings. The molecule has 0 aliphatic heterocycles. The summed E-state index contributed by atoms with van der Waals surface area (Å²) in [5.74, 6) is 0.448. The zero-order valence-electron chi connectivity index (χ0n) is 11.5. The molecule has 4 nitrogen and oxygen atoms in total. The lowest BCUT2D eigenvalue weighted by atomic mass is 9.95. The third-order valence-electron chi connectivity index (χ3n) is 3.29. The van der Waals surface area contributed by atoms with Crippen molar-refractivity contribution in [3.8, 4) is 11.3 Å². The van der Waals surface area contributed by atoms with Crippen molar-refractivity contribution in [3.63, 3.8) is 0 Å². The summed E-state index contributed by atoms with van der Waals surface area (Å²) in [5.41, 5.74) is 10.4. The lowest BCUT2D eigenvalue weighted by Gasteiger charge is -2.12. The molecule has 0 unspecified atom stereocenters. The summed E-state index contributed by atoms with van der Waals surface area (Å²) < 4.78 is 0. The fourth-order valence-corrected chi connectivity index (χ4v) is 2.08. The van der Waals surface area contributed by atoms with Gasteiger partial charge in [-0.1, -0.05) is 26.0 Å². The summed E-state index contributed by atoms with van der Waals surface area (Å²) in [7, 11) is 0. The smallest absolute Gasteiger partial charge is 0.264 e. The fraction of sp³-hybridized carbons (Fsp3) is 0.333. The van der Waals surface area contributed by atoms with E-state index in [9.17, 15) is 4.79 Å². The maximum atomic E-state index is 11.3. The van der Waals surface area contributed by atoms with Crippen LogP contribution in [0.2, 0.25) is 0 Å². The topological polar surface area (TPSA) is 71.8 Å². The second kappa shape index (κ2) is 5.36. The van der Waals surface area contributed by atoms with Crippen LogP contribution in [0.3, 0.4) is 0 Å². The fourth-order valence-electron chi connectivity index (χ4n) is 2.08. The minimum Gasteiger partial charge on any atom is -0.326 e. The Morgan fingerprint density at radius 3 is 2.68 bits per heavy atom. The molecule has 0 amide bonds. The molecule has 1 aromatic carbocycles. The molecule has 0 spiro atoms. The van der Waals surface area contributed by atoms with Gasteiger partial charge in [0.15, 0.2) is 0 Å². The van der Waals surface area contributed by atoms with E-state index >= 15 is 0 Å². The van der Waals surface area contributed by atoms with E-state index in [1.165, 1.54) is 11.6 Å². The summed E-state index contributed by atoms with van der Waals surface area (Å²) in [5, 5.41) is 6.65. The van der Waals surface area contributed by atoms with E-state index < -0.39 is 0 Å². The van der Waals surface area contributed by atoms with Crippen LogP contribution in [0.1, 0.15) is 36.5 Å². The van der Waals surface area contributed by atoms with Crippen LogP contribution < -0.4 is 11.3 Å². The van der Waals surface area contributed by atoms with Gasteiger partial charge < -0.3 is 5.73 Å². The number of nitrogens with one attached hydrogen (secondary N) is 1. The molecule has 2 rings (SSSR count). The van der Waals surface area contributed by atoms with Gasteiger partial charge in [-0.15, -0.1) is 0 Å². The quantitative estimate of drug-likeness (QED) is 0.886. The molecular weight excluding hydrogens is 238 g/mol. The number of aryl methyl sites for hydroxylation is 1. The molecule has 0 bridgehead atoms. The van der Waals surface area contributed by atoms with Gasteiger partial charge in [0.05, 0.1) is 5.69 Å². The highest BCUT2D eigenvalue weighted by Gasteiger charge is 2.11. The molecule has 0 saturated carbocycles. The first-order valence-electron chi connectivity index (χ1n) is 6.42.